The van der Waals surface area contributed by atoms with Gasteiger partial charge in [0.05, 0.1) is 18.8 Å². The molecular formula is C14H19BrF9U-. The van der Waals surface area contributed by atoms with E-state index in [4.69, 9.17) is 0 Å². The molecule has 0 N–H and O–H groups in total. The van der Waals surface area contributed by atoms with Crippen LogP contribution in [0.2, 0.25) is 0 Å². The van der Waals surface area contributed by atoms with Gasteiger partial charge in [-0.15, -0.1) is 0 Å². The third-order valence-corrected chi connectivity index (χ3v) is 4.25. The van der Waals surface area contributed by atoms with Crippen molar-refractivity contribution in [3.05, 3.63) is 6.92 Å². The maximum atomic E-state index is 13.7. The predicted molar refractivity (Wildman–Crippen MR) is 75.8 cm³/mol. The van der Waals surface area contributed by atoms with Crippen molar-refractivity contribution in [2.75, 3.05) is 5.33 Å². The molecule has 25 heavy (non-hydrogen) atoms. The standard InChI is InChI=1S/C14H19BrF9.U/c1-3-9(6-15)4-10(14(22,23)24)5-12(18,19)8-13(20,21)7-11(2,16)17;/h9-10H,1,3-8H2,2H3;/q-1;. The van der Waals surface area contributed by atoms with Gasteiger partial charge in [0.15, 0.2) is 0 Å². The first kappa shape index (κ1) is 28.1. The van der Waals surface area contributed by atoms with Crippen molar-refractivity contribution >= 4 is 15.9 Å². The molecular weight excluding hydrogens is 657 g/mol. The van der Waals surface area contributed by atoms with Crippen LogP contribution in [-0.4, -0.2) is 29.3 Å². The van der Waals surface area contributed by atoms with E-state index < -0.39 is 61.5 Å². The van der Waals surface area contributed by atoms with Crippen molar-refractivity contribution < 1.29 is 70.6 Å². The average Bonchev–Trinajstić information content (AvgIpc) is 2.27. The Morgan fingerprint density at radius 1 is 0.880 bits per heavy atom. The zero-order valence-electron chi connectivity index (χ0n) is 13.4. The number of hydrogen-bond donors (Lipinski definition) is 0. The van der Waals surface area contributed by atoms with Gasteiger partial charge >= 0.3 is 6.18 Å². The van der Waals surface area contributed by atoms with E-state index in [0.717, 1.165) is 0 Å². The van der Waals surface area contributed by atoms with Crippen LogP contribution in [0, 0.1) is 49.9 Å². The summed E-state index contributed by atoms with van der Waals surface area (Å²) in [4.78, 5) is 0. The summed E-state index contributed by atoms with van der Waals surface area (Å²) in [5.74, 6) is -16.0. The maximum absolute atomic E-state index is 13.7. The molecule has 0 rings (SSSR count). The van der Waals surface area contributed by atoms with Crippen LogP contribution in [0.25, 0.3) is 0 Å². The van der Waals surface area contributed by atoms with Crippen molar-refractivity contribution in [1.29, 1.82) is 0 Å². The average molecular weight is 676 g/mol. The van der Waals surface area contributed by atoms with Crippen molar-refractivity contribution in [3.63, 3.8) is 0 Å². The van der Waals surface area contributed by atoms with Crippen molar-refractivity contribution in [2.24, 2.45) is 11.8 Å². The third-order valence-electron chi connectivity index (χ3n) is 3.34. The normalized spacial score (nSPS) is 16.3. The molecule has 0 saturated carbocycles. The molecule has 2 unspecified atom stereocenters. The molecule has 0 fully saturated rings. The van der Waals surface area contributed by atoms with E-state index in [1.54, 1.807) is 0 Å². The second-order valence-corrected chi connectivity index (χ2v) is 6.77. The van der Waals surface area contributed by atoms with E-state index in [1.165, 1.54) is 0 Å². The van der Waals surface area contributed by atoms with Crippen LogP contribution in [0.15, 0.2) is 0 Å². The van der Waals surface area contributed by atoms with Crippen LogP contribution in [0.3, 0.4) is 0 Å². The second kappa shape index (κ2) is 10.4. The number of halogens is 10. The summed E-state index contributed by atoms with van der Waals surface area (Å²) < 4.78 is 118. The minimum atomic E-state index is -5.01. The quantitative estimate of drug-likeness (QED) is 0.135. The van der Waals surface area contributed by atoms with Crippen molar-refractivity contribution in [3.8, 4) is 0 Å². The second-order valence-electron chi connectivity index (χ2n) is 6.12. The molecule has 2 atom stereocenters. The number of rotatable bonds is 10. The van der Waals surface area contributed by atoms with Gasteiger partial charge < -0.3 is 6.92 Å². The summed E-state index contributed by atoms with van der Waals surface area (Å²) in [5.41, 5.74) is 0. The predicted octanol–water partition coefficient (Wildman–Crippen LogP) is 6.89. The van der Waals surface area contributed by atoms with E-state index in [0.29, 0.717) is 0 Å². The van der Waals surface area contributed by atoms with Gasteiger partial charge in [-0.2, -0.15) is 19.6 Å². The Morgan fingerprint density at radius 2 is 1.36 bits per heavy atom. The van der Waals surface area contributed by atoms with E-state index in [-0.39, 0.29) is 49.8 Å². The van der Waals surface area contributed by atoms with Gasteiger partial charge in [-0.25, -0.2) is 26.3 Å². The largest absolute Gasteiger partial charge is 0.392 e. The first-order valence-electron chi connectivity index (χ1n) is 7.07. The molecule has 0 spiro atoms. The molecule has 0 aliphatic carbocycles. The Balaban J connectivity index is 0. The third kappa shape index (κ3) is 12.8. The molecule has 0 bridgehead atoms. The van der Waals surface area contributed by atoms with Crippen LogP contribution in [-0.2, 0) is 0 Å². The van der Waals surface area contributed by atoms with Gasteiger partial charge in [-0.05, 0) is 13.3 Å². The summed E-state index contributed by atoms with van der Waals surface area (Å²) in [5, 5.41) is 0.0901. The van der Waals surface area contributed by atoms with Gasteiger partial charge in [0, 0.05) is 42.9 Å². The van der Waals surface area contributed by atoms with E-state index in [2.05, 4.69) is 22.9 Å². The molecule has 11 heteroatoms. The monoisotopic (exact) mass is 675 g/mol. The Kier molecular flexibility index (Phi) is 11.7. The number of hydrogen-bond acceptors (Lipinski definition) is 0. The Bertz CT molecular complexity index is 375. The molecule has 0 amide bonds. The van der Waals surface area contributed by atoms with Crippen LogP contribution in [0.4, 0.5) is 39.5 Å². The SMILES string of the molecule is [CH2-]CC(CBr)CC(CC(F)(F)CC(F)(F)CC(C)(F)F)C(F)(F)F.[U]. The van der Waals surface area contributed by atoms with Crippen LogP contribution in [0.5, 0.6) is 0 Å². The van der Waals surface area contributed by atoms with Gasteiger partial charge in [0.2, 0.25) is 0 Å². The van der Waals surface area contributed by atoms with Gasteiger partial charge in [0.25, 0.3) is 17.8 Å². The van der Waals surface area contributed by atoms with E-state index in [1.807, 2.05) is 0 Å². The molecule has 0 saturated heterocycles. The topological polar surface area (TPSA) is 0 Å². The van der Waals surface area contributed by atoms with Gasteiger partial charge in [0.1, 0.15) is 0 Å². The summed E-state index contributed by atoms with van der Waals surface area (Å²) in [6.45, 7) is 3.53. The fraction of sp³-hybridized carbons (Fsp3) is 0.929. The molecule has 0 aliphatic rings. The van der Waals surface area contributed by atoms with Crippen LogP contribution in [0.1, 0.15) is 39.0 Å². The fourth-order valence-electron chi connectivity index (χ4n) is 2.32. The van der Waals surface area contributed by atoms with Crippen LogP contribution >= 0.6 is 15.9 Å². The molecule has 0 nitrogen and oxygen atoms in total. The van der Waals surface area contributed by atoms with E-state index >= 15 is 0 Å². The van der Waals surface area contributed by atoms with E-state index in [9.17, 15) is 39.5 Å². The first-order valence-corrected chi connectivity index (χ1v) is 8.19. The first-order chi connectivity index (χ1) is 10.5. The molecule has 150 valence electrons. The molecule has 0 aromatic rings. The Hall–Kier alpha value is 0.902. The fourth-order valence-corrected chi connectivity index (χ4v) is 2.91. The number of alkyl halides is 10. The molecule has 0 aromatic heterocycles. The minimum Gasteiger partial charge on any atom is -0.343 e. The van der Waals surface area contributed by atoms with Gasteiger partial charge in [-0.3, -0.25) is 0 Å². The molecule has 0 radical (unpaired) electrons. The van der Waals surface area contributed by atoms with Gasteiger partial charge in [-0.1, -0.05) is 21.8 Å². The maximum Gasteiger partial charge on any atom is 0.392 e. The summed E-state index contributed by atoms with van der Waals surface area (Å²) >= 11 is 2.93. The Labute approximate surface area is 173 Å². The zero-order valence-corrected chi connectivity index (χ0v) is 19.1. The zero-order chi connectivity index (χ0) is 19.4. The summed E-state index contributed by atoms with van der Waals surface area (Å²) in [6.07, 6.45) is -12.0. The summed E-state index contributed by atoms with van der Waals surface area (Å²) in [6, 6.07) is 0. The summed E-state index contributed by atoms with van der Waals surface area (Å²) in [7, 11) is 0. The molecule has 0 aromatic carbocycles. The van der Waals surface area contributed by atoms with Crippen molar-refractivity contribution in [2.45, 2.75) is 63.0 Å². The smallest absolute Gasteiger partial charge is 0.343 e. The molecule has 0 heterocycles. The van der Waals surface area contributed by atoms with Crippen LogP contribution < -0.4 is 0 Å². The minimum absolute atomic E-state index is 0. The van der Waals surface area contributed by atoms with Crippen molar-refractivity contribution in [1.82, 2.24) is 0 Å². The Morgan fingerprint density at radius 3 is 1.68 bits per heavy atom. The molecule has 0 aliphatic heterocycles.